The number of anilines is 1. The van der Waals surface area contributed by atoms with E-state index in [4.69, 9.17) is 4.74 Å². The molecule has 0 bridgehead atoms. The lowest BCUT2D eigenvalue weighted by Gasteiger charge is -2.11. The maximum atomic E-state index is 5.22. The third kappa shape index (κ3) is 2.72. The van der Waals surface area contributed by atoms with Crippen molar-refractivity contribution in [1.82, 2.24) is 9.97 Å². The zero-order valence-electron chi connectivity index (χ0n) is 9.97. The fourth-order valence-corrected chi connectivity index (χ4v) is 1.59. The Morgan fingerprint density at radius 3 is 2.82 bits per heavy atom. The van der Waals surface area contributed by atoms with E-state index in [1.807, 2.05) is 25.3 Å². The molecule has 0 aromatic carbocycles. The van der Waals surface area contributed by atoms with Gasteiger partial charge in [0, 0.05) is 24.5 Å². The molecule has 2 heterocycles. The van der Waals surface area contributed by atoms with E-state index in [-0.39, 0.29) is 0 Å². The Balaban J connectivity index is 2.09. The molecule has 0 saturated heterocycles. The van der Waals surface area contributed by atoms with Crippen LogP contribution in [0.15, 0.2) is 36.9 Å². The molecule has 2 aromatic heterocycles. The normalized spacial score (nSPS) is 10.0. The zero-order chi connectivity index (χ0) is 12.1. The largest absolute Gasteiger partial charge is 0.495 e. The maximum Gasteiger partial charge on any atom is 0.142 e. The summed E-state index contributed by atoms with van der Waals surface area (Å²) in [5.41, 5.74) is 3.18. The Labute approximate surface area is 101 Å². The summed E-state index contributed by atoms with van der Waals surface area (Å²) in [6.45, 7) is 2.73. The summed E-state index contributed by atoms with van der Waals surface area (Å²) in [6.07, 6.45) is 7.12. The van der Waals surface area contributed by atoms with E-state index >= 15 is 0 Å². The van der Waals surface area contributed by atoms with Crippen LogP contribution in [0.4, 0.5) is 5.69 Å². The molecule has 0 saturated carbocycles. The maximum absolute atomic E-state index is 5.22. The van der Waals surface area contributed by atoms with Crippen LogP contribution in [0.25, 0.3) is 0 Å². The highest BCUT2D eigenvalue weighted by Crippen LogP contribution is 2.23. The third-order valence-electron chi connectivity index (χ3n) is 2.59. The molecule has 88 valence electrons. The van der Waals surface area contributed by atoms with Gasteiger partial charge in [-0.25, -0.2) is 0 Å². The smallest absolute Gasteiger partial charge is 0.142 e. The summed E-state index contributed by atoms with van der Waals surface area (Å²) in [5.74, 6) is 0.793. The zero-order valence-corrected chi connectivity index (χ0v) is 9.97. The van der Waals surface area contributed by atoms with Gasteiger partial charge in [-0.3, -0.25) is 9.97 Å². The van der Waals surface area contributed by atoms with Gasteiger partial charge in [0.2, 0.25) is 0 Å². The number of aromatic nitrogens is 2. The van der Waals surface area contributed by atoms with Crippen molar-refractivity contribution in [2.24, 2.45) is 0 Å². The van der Waals surface area contributed by atoms with Crippen molar-refractivity contribution in [2.45, 2.75) is 13.5 Å². The van der Waals surface area contributed by atoms with Gasteiger partial charge in [0.25, 0.3) is 0 Å². The predicted molar refractivity (Wildman–Crippen MR) is 67.1 cm³/mol. The average molecular weight is 229 g/mol. The Kier molecular flexibility index (Phi) is 3.55. The molecule has 0 radical (unpaired) electrons. The predicted octanol–water partition coefficient (Wildman–Crippen LogP) is 2.41. The van der Waals surface area contributed by atoms with Crippen LogP contribution in [0.3, 0.4) is 0 Å². The topological polar surface area (TPSA) is 47.0 Å². The number of hydrogen-bond donors (Lipinski definition) is 1. The first-order valence-corrected chi connectivity index (χ1v) is 5.42. The number of ether oxygens (including phenoxy) is 1. The summed E-state index contributed by atoms with van der Waals surface area (Å²) < 4.78 is 5.22. The van der Waals surface area contributed by atoms with Crippen molar-refractivity contribution >= 4 is 5.69 Å². The van der Waals surface area contributed by atoms with Crippen molar-refractivity contribution < 1.29 is 4.74 Å². The third-order valence-corrected chi connectivity index (χ3v) is 2.59. The highest BCUT2D eigenvalue weighted by Gasteiger charge is 2.04. The van der Waals surface area contributed by atoms with E-state index in [0.717, 1.165) is 29.1 Å². The lowest BCUT2D eigenvalue weighted by molar-refractivity contribution is 0.410. The van der Waals surface area contributed by atoms with E-state index in [1.165, 1.54) is 0 Å². The minimum absolute atomic E-state index is 0.726. The van der Waals surface area contributed by atoms with Crippen molar-refractivity contribution in [3.63, 3.8) is 0 Å². The molecule has 0 aliphatic rings. The summed E-state index contributed by atoms with van der Waals surface area (Å²) >= 11 is 0. The first kappa shape index (κ1) is 11.4. The molecule has 4 heteroatoms. The number of methoxy groups -OCH3 is 1. The van der Waals surface area contributed by atoms with Crippen LogP contribution in [0.2, 0.25) is 0 Å². The Bertz CT molecular complexity index is 485. The molecule has 0 aliphatic carbocycles. The van der Waals surface area contributed by atoms with Gasteiger partial charge in [-0.1, -0.05) is 6.07 Å². The highest BCUT2D eigenvalue weighted by molar-refractivity contribution is 5.54. The fraction of sp³-hybridized carbons (Fsp3) is 0.231. The average Bonchev–Trinajstić information content (AvgIpc) is 2.39. The van der Waals surface area contributed by atoms with Crippen LogP contribution >= 0.6 is 0 Å². The second-order valence-corrected chi connectivity index (χ2v) is 3.73. The van der Waals surface area contributed by atoms with Gasteiger partial charge in [0.05, 0.1) is 25.2 Å². The Morgan fingerprint density at radius 1 is 1.24 bits per heavy atom. The van der Waals surface area contributed by atoms with Crippen LogP contribution in [-0.4, -0.2) is 17.1 Å². The monoisotopic (exact) mass is 229 g/mol. The summed E-state index contributed by atoms with van der Waals surface area (Å²) in [5, 5.41) is 3.32. The standard InChI is InChI=1S/C13H15N3O/c1-10-12(8-15-9-13(10)17-2)16-7-11-4-3-5-14-6-11/h3-6,8-9,16H,7H2,1-2H3. The van der Waals surface area contributed by atoms with Crippen molar-refractivity contribution in [2.75, 3.05) is 12.4 Å². The van der Waals surface area contributed by atoms with Crippen LogP contribution in [-0.2, 0) is 6.54 Å². The number of nitrogens with zero attached hydrogens (tertiary/aromatic N) is 2. The first-order chi connectivity index (χ1) is 8.31. The van der Waals surface area contributed by atoms with E-state index < -0.39 is 0 Å². The molecule has 17 heavy (non-hydrogen) atoms. The molecule has 0 fully saturated rings. The van der Waals surface area contributed by atoms with Gasteiger partial charge in [0.1, 0.15) is 5.75 Å². The molecule has 1 N–H and O–H groups in total. The number of pyridine rings is 2. The molecule has 2 rings (SSSR count). The molecule has 0 unspecified atom stereocenters. The summed E-state index contributed by atoms with van der Waals surface area (Å²) in [6, 6.07) is 3.95. The second kappa shape index (κ2) is 5.30. The first-order valence-electron chi connectivity index (χ1n) is 5.42. The molecular weight excluding hydrogens is 214 g/mol. The van der Waals surface area contributed by atoms with Crippen LogP contribution < -0.4 is 10.1 Å². The SMILES string of the molecule is COc1cncc(NCc2cccnc2)c1C. The number of nitrogens with one attached hydrogen (secondary N) is 1. The van der Waals surface area contributed by atoms with Crippen LogP contribution in [0.5, 0.6) is 5.75 Å². The van der Waals surface area contributed by atoms with Gasteiger partial charge >= 0.3 is 0 Å². The van der Waals surface area contributed by atoms with Gasteiger partial charge in [-0.05, 0) is 18.6 Å². The minimum atomic E-state index is 0.726. The van der Waals surface area contributed by atoms with E-state index in [0.29, 0.717) is 0 Å². The quantitative estimate of drug-likeness (QED) is 0.874. The van der Waals surface area contributed by atoms with Crippen LogP contribution in [0, 0.1) is 6.92 Å². The van der Waals surface area contributed by atoms with Gasteiger partial charge in [-0.2, -0.15) is 0 Å². The Hall–Kier alpha value is -2.10. The lowest BCUT2D eigenvalue weighted by atomic mass is 10.2. The molecule has 0 amide bonds. The number of rotatable bonds is 4. The van der Waals surface area contributed by atoms with Crippen molar-refractivity contribution in [1.29, 1.82) is 0 Å². The molecule has 0 aliphatic heterocycles. The van der Waals surface area contributed by atoms with Crippen LogP contribution in [0.1, 0.15) is 11.1 Å². The number of hydrogen-bond acceptors (Lipinski definition) is 4. The van der Waals surface area contributed by atoms with Gasteiger partial charge in [-0.15, -0.1) is 0 Å². The minimum Gasteiger partial charge on any atom is -0.495 e. The van der Waals surface area contributed by atoms with E-state index in [9.17, 15) is 0 Å². The lowest BCUT2D eigenvalue weighted by Crippen LogP contribution is -2.02. The summed E-state index contributed by atoms with van der Waals surface area (Å²) in [4.78, 5) is 8.20. The highest BCUT2D eigenvalue weighted by atomic mass is 16.5. The van der Waals surface area contributed by atoms with Gasteiger partial charge in [0.15, 0.2) is 0 Å². The van der Waals surface area contributed by atoms with E-state index in [2.05, 4.69) is 15.3 Å². The summed E-state index contributed by atoms with van der Waals surface area (Å²) in [7, 11) is 1.65. The molecule has 0 atom stereocenters. The van der Waals surface area contributed by atoms with E-state index in [1.54, 1.807) is 25.7 Å². The molecular formula is C13H15N3O. The Morgan fingerprint density at radius 2 is 2.12 bits per heavy atom. The van der Waals surface area contributed by atoms with Gasteiger partial charge < -0.3 is 10.1 Å². The van der Waals surface area contributed by atoms with Crippen molar-refractivity contribution in [3.8, 4) is 5.75 Å². The second-order valence-electron chi connectivity index (χ2n) is 3.73. The molecule has 0 spiro atoms. The fourth-order valence-electron chi connectivity index (χ4n) is 1.59. The molecule has 2 aromatic rings. The molecule has 4 nitrogen and oxygen atoms in total. The van der Waals surface area contributed by atoms with Crippen molar-refractivity contribution in [3.05, 3.63) is 48.0 Å².